The minimum Gasteiger partial charge on any atom is -0.344 e. The first-order chi connectivity index (χ1) is 15.6. The van der Waals surface area contributed by atoms with E-state index in [9.17, 15) is 0 Å². The summed E-state index contributed by atoms with van der Waals surface area (Å²) in [7, 11) is 3.97. The molecule has 5 aliphatic rings. The van der Waals surface area contributed by atoms with Crippen molar-refractivity contribution >= 4 is 21.6 Å². The largest absolute Gasteiger partial charge is 0.344 e. The standard InChI is InChI=1S/C28H36O2S2/c1-26-12-5-8-24(26)23-10-9-21-20-28(29-17-18-30-28)15-14-27(21,25(23)11-13-26)16-19-31-32-22-6-3-2-4-7-22/h2-4,6-7,11,20,23-24H,5,8-10,12-19H2,1H3/t23-,24-,26-,27+/m0/s1. The van der Waals surface area contributed by atoms with E-state index in [1.54, 1.807) is 5.57 Å². The molecule has 1 saturated heterocycles. The third-order valence-electron chi connectivity index (χ3n) is 9.30. The third-order valence-corrected chi connectivity index (χ3v) is 11.7. The molecule has 0 aromatic heterocycles. The zero-order valence-corrected chi connectivity index (χ0v) is 20.9. The maximum atomic E-state index is 6.15. The molecule has 6 rings (SSSR count). The van der Waals surface area contributed by atoms with Gasteiger partial charge in [0.15, 0.2) is 5.79 Å². The summed E-state index contributed by atoms with van der Waals surface area (Å²) in [4.78, 5) is 1.36. The van der Waals surface area contributed by atoms with Crippen LogP contribution in [-0.4, -0.2) is 24.8 Å². The Labute approximate surface area is 201 Å². The normalized spacial score (nSPS) is 37.4. The fraction of sp³-hybridized carbons (Fsp3) is 0.643. The van der Waals surface area contributed by atoms with Gasteiger partial charge in [0.2, 0.25) is 0 Å². The first-order valence-electron chi connectivity index (χ1n) is 12.7. The highest BCUT2D eigenvalue weighted by Crippen LogP contribution is 2.65. The van der Waals surface area contributed by atoms with Crippen LogP contribution in [0.2, 0.25) is 0 Å². The molecule has 32 heavy (non-hydrogen) atoms. The van der Waals surface area contributed by atoms with E-state index in [1.807, 2.05) is 27.2 Å². The van der Waals surface area contributed by atoms with Crippen molar-refractivity contribution in [1.82, 2.24) is 0 Å². The van der Waals surface area contributed by atoms with Crippen LogP contribution >= 0.6 is 21.6 Å². The van der Waals surface area contributed by atoms with E-state index in [1.165, 1.54) is 62.0 Å². The van der Waals surface area contributed by atoms with E-state index in [2.05, 4.69) is 49.4 Å². The first-order valence-corrected chi connectivity index (χ1v) is 15.0. The Hall–Kier alpha value is -0.680. The fourth-order valence-electron chi connectivity index (χ4n) is 7.72. The molecule has 2 nitrogen and oxygen atoms in total. The second-order valence-corrected chi connectivity index (χ2v) is 13.4. The molecule has 1 aliphatic heterocycles. The summed E-state index contributed by atoms with van der Waals surface area (Å²) >= 11 is 0. The third kappa shape index (κ3) is 3.65. The Morgan fingerprint density at radius 3 is 2.72 bits per heavy atom. The van der Waals surface area contributed by atoms with Gasteiger partial charge < -0.3 is 9.47 Å². The molecule has 1 aromatic rings. The van der Waals surface area contributed by atoms with Crippen molar-refractivity contribution in [3.05, 3.63) is 53.6 Å². The Morgan fingerprint density at radius 2 is 1.88 bits per heavy atom. The van der Waals surface area contributed by atoms with Crippen molar-refractivity contribution in [1.29, 1.82) is 0 Å². The van der Waals surface area contributed by atoms with E-state index in [-0.39, 0.29) is 5.41 Å². The molecule has 2 saturated carbocycles. The van der Waals surface area contributed by atoms with Crippen LogP contribution < -0.4 is 0 Å². The van der Waals surface area contributed by atoms with E-state index >= 15 is 0 Å². The Morgan fingerprint density at radius 1 is 1.03 bits per heavy atom. The van der Waals surface area contributed by atoms with Crippen molar-refractivity contribution in [2.24, 2.45) is 22.7 Å². The van der Waals surface area contributed by atoms with Crippen LogP contribution in [0.15, 0.2) is 58.5 Å². The monoisotopic (exact) mass is 468 g/mol. The average Bonchev–Trinajstić information content (AvgIpc) is 3.44. The topological polar surface area (TPSA) is 18.5 Å². The van der Waals surface area contributed by atoms with Gasteiger partial charge in [-0.25, -0.2) is 0 Å². The predicted octanol–water partition coefficient (Wildman–Crippen LogP) is 7.81. The smallest absolute Gasteiger partial charge is 0.188 e. The summed E-state index contributed by atoms with van der Waals surface area (Å²) in [5, 5.41) is 0. The SMILES string of the molecule is C[C@]12CC=C3[C@@H](CCC4=CC5(CC[C@@]43CCSSc3ccccc3)OCCO5)[C@@H]1CCC2. The minimum atomic E-state index is -0.422. The molecule has 0 N–H and O–H groups in total. The molecule has 3 fully saturated rings. The number of allylic oxidation sites excluding steroid dienone is 3. The number of hydrogen-bond acceptors (Lipinski definition) is 4. The van der Waals surface area contributed by atoms with Gasteiger partial charge >= 0.3 is 0 Å². The summed E-state index contributed by atoms with van der Waals surface area (Å²) < 4.78 is 12.3. The van der Waals surface area contributed by atoms with Gasteiger partial charge in [0, 0.05) is 22.5 Å². The van der Waals surface area contributed by atoms with E-state index in [0.29, 0.717) is 5.41 Å². The van der Waals surface area contributed by atoms with Crippen LogP contribution in [0.4, 0.5) is 0 Å². The summed E-state index contributed by atoms with van der Waals surface area (Å²) in [5.74, 6) is 2.48. The zero-order valence-electron chi connectivity index (χ0n) is 19.3. The van der Waals surface area contributed by atoms with E-state index < -0.39 is 5.79 Å². The van der Waals surface area contributed by atoms with Crippen LogP contribution in [0.1, 0.15) is 64.7 Å². The summed E-state index contributed by atoms with van der Waals surface area (Å²) in [6, 6.07) is 10.8. The molecule has 1 spiro atoms. The minimum absolute atomic E-state index is 0.248. The lowest BCUT2D eigenvalue weighted by Crippen LogP contribution is -2.47. The van der Waals surface area contributed by atoms with Gasteiger partial charge in [-0.1, -0.05) is 70.4 Å². The second kappa shape index (κ2) is 8.52. The van der Waals surface area contributed by atoms with Gasteiger partial charge in [0.25, 0.3) is 0 Å². The predicted molar refractivity (Wildman–Crippen MR) is 135 cm³/mol. The number of fused-ring (bicyclic) bond motifs is 5. The zero-order chi connectivity index (χ0) is 21.7. The summed E-state index contributed by atoms with van der Waals surface area (Å²) in [6.45, 7) is 4.07. The quantitative estimate of drug-likeness (QED) is 0.249. The first kappa shape index (κ1) is 21.8. The van der Waals surface area contributed by atoms with Crippen molar-refractivity contribution in [2.75, 3.05) is 19.0 Å². The second-order valence-electron chi connectivity index (χ2n) is 10.9. The Kier molecular flexibility index (Phi) is 5.81. The van der Waals surface area contributed by atoms with Gasteiger partial charge in [0.1, 0.15) is 0 Å². The van der Waals surface area contributed by atoms with Gasteiger partial charge in [-0.15, -0.1) is 0 Å². The van der Waals surface area contributed by atoms with Gasteiger partial charge in [0.05, 0.1) is 13.2 Å². The Balaban J connectivity index is 1.28. The maximum Gasteiger partial charge on any atom is 0.188 e. The molecule has 4 atom stereocenters. The molecule has 1 heterocycles. The lowest BCUT2D eigenvalue weighted by atomic mass is 9.50. The number of rotatable bonds is 5. The highest BCUT2D eigenvalue weighted by Gasteiger charge is 2.56. The maximum absolute atomic E-state index is 6.15. The molecule has 4 aliphatic carbocycles. The van der Waals surface area contributed by atoms with Crippen molar-refractivity contribution < 1.29 is 9.47 Å². The molecule has 4 heteroatoms. The molecule has 0 unspecified atom stereocenters. The lowest BCUT2D eigenvalue weighted by molar-refractivity contribution is -0.133. The van der Waals surface area contributed by atoms with Gasteiger partial charge in [-0.2, -0.15) is 0 Å². The van der Waals surface area contributed by atoms with Crippen LogP contribution in [0.25, 0.3) is 0 Å². The van der Waals surface area contributed by atoms with E-state index in [4.69, 9.17) is 9.47 Å². The van der Waals surface area contributed by atoms with Crippen molar-refractivity contribution in [3.63, 3.8) is 0 Å². The van der Waals surface area contributed by atoms with Crippen molar-refractivity contribution in [2.45, 2.75) is 75.4 Å². The van der Waals surface area contributed by atoms with Crippen LogP contribution in [0.5, 0.6) is 0 Å². The number of hydrogen-bond donors (Lipinski definition) is 0. The lowest BCUT2D eigenvalue weighted by Gasteiger charge is -2.55. The van der Waals surface area contributed by atoms with E-state index in [0.717, 1.165) is 31.5 Å². The van der Waals surface area contributed by atoms with Crippen molar-refractivity contribution in [3.8, 4) is 0 Å². The van der Waals surface area contributed by atoms with Crippen LogP contribution in [-0.2, 0) is 9.47 Å². The van der Waals surface area contributed by atoms with Crippen LogP contribution in [0.3, 0.4) is 0 Å². The molecule has 1 aromatic carbocycles. The fourth-order valence-corrected chi connectivity index (χ4v) is 9.89. The highest BCUT2D eigenvalue weighted by atomic mass is 33.1. The average molecular weight is 469 g/mol. The number of ether oxygens (including phenoxy) is 2. The van der Waals surface area contributed by atoms with Crippen LogP contribution in [0, 0.1) is 22.7 Å². The molecular weight excluding hydrogens is 432 g/mol. The Bertz CT molecular complexity index is 903. The van der Waals surface area contributed by atoms with Gasteiger partial charge in [-0.3, -0.25) is 0 Å². The molecule has 172 valence electrons. The molecule has 0 bridgehead atoms. The molecular formula is C28H36O2S2. The summed E-state index contributed by atoms with van der Waals surface area (Å²) in [6.07, 6.45) is 16.8. The molecule has 0 amide bonds. The summed E-state index contributed by atoms with van der Waals surface area (Å²) in [5.41, 5.74) is 4.26. The highest BCUT2D eigenvalue weighted by molar-refractivity contribution is 8.76. The molecule has 0 radical (unpaired) electrons. The van der Waals surface area contributed by atoms with Gasteiger partial charge in [-0.05, 0) is 80.4 Å². The number of benzene rings is 1.